The Balaban J connectivity index is 1.60. The van der Waals surface area contributed by atoms with Crippen LogP contribution in [0, 0.1) is 10.1 Å². The molecule has 4 N–H and O–H groups in total. The van der Waals surface area contributed by atoms with E-state index in [2.05, 4.69) is 20.1 Å². The van der Waals surface area contributed by atoms with Gasteiger partial charge in [0.25, 0.3) is 5.69 Å². The zero-order chi connectivity index (χ0) is 22.1. The van der Waals surface area contributed by atoms with Crippen molar-refractivity contribution < 1.29 is 36.4 Å². The summed E-state index contributed by atoms with van der Waals surface area (Å²) in [5, 5.41) is 21.2. The van der Waals surface area contributed by atoms with E-state index >= 15 is 0 Å². The molecule has 1 amide bonds. The van der Waals surface area contributed by atoms with Crippen molar-refractivity contribution in [2.45, 2.75) is 17.6 Å². The van der Waals surface area contributed by atoms with E-state index in [0.29, 0.717) is 0 Å². The third kappa shape index (κ3) is 4.90. The molecule has 160 valence electrons. The van der Waals surface area contributed by atoms with E-state index in [4.69, 9.17) is 5.14 Å². The number of sulfonamides is 1. The number of carbonyl (C=O) groups is 1. The SMILES string of the molecule is NS(=O)(=O)c1ccc(NCCC(=O)Nc2ccc3c(c2)OC(F)(F)O3)c([N+](=O)[O-])c1. The van der Waals surface area contributed by atoms with Gasteiger partial charge in [0, 0.05) is 30.8 Å². The van der Waals surface area contributed by atoms with Crippen LogP contribution >= 0.6 is 0 Å². The van der Waals surface area contributed by atoms with Crippen molar-refractivity contribution in [3.05, 3.63) is 46.5 Å². The van der Waals surface area contributed by atoms with Gasteiger partial charge in [-0.2, -0.15) is 0 Å². The number of alkyl halides is 2. The monoisotopic (exact) mass is 444 g/mol. The number of fused-ring (bicyclic) bond motifs is 1. The van der Waals surface area contributed by atoms with Crippen molar-refractivity contribution in [2.24, 2.45) is 5.14 Å². The molecule has 2 aromatic carbocycles. The number of hydrogen-bond donors (Lipinski definition) is 3. The Kier molecular flexibility index (Phi) is 5.45. The van der Waals surface area contributed by atoms with Crippen LogP contribution in [0.4, 0.5) is 25.8 Å². The van der Waals surface area contributed by atoms with Gasteiger partial charge < -0.3 is 20.1 Å². The van der Waals surface area contributed by atoms with Crippen molar-refractivity contribution in [3.63, 3.8) is 0 Å². The summed E-state index contributed by atoms with van der Waals surface area (Å²) < 4.78 is 57.2. The number of hydrogen-bond acceptors (Lipinski definition) is 8. The number of ether oxygens (including phenoxy) is 2. The third-order valence-corrected chi connectivity index (χ3v) is 4.76. The summed E-state index contributed by atoms with van der Waals surface area (Å²) in [6.45, 7) is -0.0377. The highest BCUT2D eigenvalue weighted by Gasteiger charge is 2.43. The van der Waals surface area contributed by atoms with E-state index < -0.39 is 37.7 Å². The molecule has 0 atom stereocenters. The summed E-state index contributed by atoms with van der Waals surface area (Å²) in [6, 6.07) is 6.77. The highest BCUT2D eigenvalue weighted by molar-refractivity contribution is 7.89. The number of nitrogens with two attached hydrogens (primary N) is 1. The lowest BCUT2D eigenvalue weighted by molar-refractivity contribution is -0.384. The molecule has 30 heavy (non-hydrogen) atoms. The van der Waals surface area contributed by atoms with Gasteiger partial charge in [0.05, 0.1) is 9.82 Å². The molecule has 14 heteroatoms. The molecule has 1 aliphatic heterocycles. The van der Waals surface area contributed by atoms with Gasteiger partial charge in [-0.15, -0.1) is 8.78 Å². The number of anilines is 2. The Morgan fingerprint density at radius 3 is 2.53 bits per heavy atom. The van der Waals surface area contributed by atoms with Crippen LogP contribution in [0.15, 0.2) is 41.3 Å². The fraction of sp³-hybridized carbons (Fsp3) is 0.188. The van der Waals surface area contributed by atoms with E-state index in [9.17, 15) is 32.1 Å². The van der Waals surface area contributed by atoms with Crippen molar-refractivity contribution in [2.75, 3.05) is 17.2 Å². The van der Waals surface area contributed by atoms with Gasteiger partial charge >= 0.3 is 6.29 Å². The highest BCUT2D eigenvalue weighted by Crippen LogP contribution is 2.42. The van der Waals surface area contributed by atoms with Crippen LogP contribution in [0.25, 0.3) is 0 Å². The second kappa shape index (κ2) is 7.72. The average molecular weight is 444 g/mol. The first-order valence-corrected chi connectivity index (χ1v) is 9.74. The normalized spacial score (nSPS) is 14.2. The van der Waals surface area contributed by atoms with E-state index in [-0.39, 0.29) is 35.8 Å². The van der Waals surface area contributed by atoms with Gasteiger partial charge in [-0.25, -0.2) is 13.6 Å². The number of halogens is 2. The molecule has 0 saturated heterocycles. The smallest absolute Gasteiger partial charge is 0.395 e. The van der Waals surface area contributed by atoms with Crippen molar-refractivity contribution in [1.82, 2.24) is 0 Å². The molecule has 0 radical (unpaired) electrons. The molecular weight excluding hydrogens is 430 g/mol. The largest absolute Gasteiger partial charge is 0.586 e. The number of rotatable bonds is 7. The Labute approximate surface area is 168 Å². The molecule has 0 aliphatic carbocycles. The Morgan fingerprint density at radius 1 is 1.17 bits per heavy atom. The van der Waals surface area contributed by atoms with Crippen LogP contribution in [-0.2, 0) is 14.8 Å². The molecule has 0 bridgehead atoms. The third-order valence-electron chi connectivity index (χ3n) is 3.85. The van der Waals surface area contributed by atoms with E-state index in [0.717, 1.165) is 18.2 Å². The molecule has 0 aromatic heterocycles. The number of nitrogens with zero attached hydrogens (tertiary/aromatic N) is 1. The van der Waals surface area contributed by atoms with Crippen LogP contribution < -0.4 is 25.2 Å². The molecule has 1 heterocycles. The summed E-state index contributed by atoms with van der Waals surface area (Å²) in [4.78, 5) is 22.0. The molecule has 2 aromatic rings. The standard InChI is InChI=1S/C16H14F2N4O7S/c17-16(18)28-13-4-1-9(7-14(13)29-16)21-15(23)5-6-20-11-3-2-10(30(19,26)27)8-12(11)22(24)25/h1-4,7-8,20H,5-6H2,(H,21,23)(H2,19,26,27). The minimum absolute atomic E-state index is 0.00879. The summed E-state index contributed by atoms with van der Waals surface area (Å²) in [7, 11) is -4.12. The van der Waals surface area contributed by atoms with Crippen molar-refractivity contribution in [3.8, 4) is 11.5 Å². The van der Waals surface area contributed by atoms with Gasteiger partial charge in [-0.05, 0) is 24.3 Å². The maximum absolute atomic E-state index is 13.0. The first kappa shape index (κ1) is 21.2. The predicted octanol–water partition coefficient (Wildman–Crippen LogP) is 2.00. The number of nitro benzene ring substituents is 1. The topological polar surface area (TPSA) is 163 Å². The second-order valence-electron chi connectivity index (χ2n) is 6.04. The van der Waals surface area contributed by atoms with E-state index in [1.165, 1.54) is 18.2 Å². The molecule has 3 rings (SSSR count). The summed E-state index contributed by atoms with van der Waals surface area (Å²) in [5.41, 5.74) is -0.354. The molecule has 1 aliphatic rings. The number of carbonyl (C=O) groups excluding carboxylic acids is 1. The molecule has 0 spiro atoms. The maximum atomic E-state index is 13.0. The van der Waals surface area contributed by atoms with E-state index in [1.54, 1.807) is 0 Å². The summed E-state index contributed by atoms with van der Waals surface area (Å²) in [6.07, 6.45) is -3.92. The second-order valence-corrected chi connectivity index (χ2v) is 7.60. The zero-order valence-corrected chi connectivity index (χ0v) is 15.7. The average Bonchev–Trinajstić information content (AvgIpc) is 2.94. The molecular formula is C16H14F2N4O7S. The summed E-state index contributed by atoms with van der Waals surface area (Å²) >= 11 is 0. The number of benzene rings is 2. The van der Waals surface area contributed by atoms with Crippen molar-refractivity contribution in [1.29, 1.82) is 0 Å². The number of nitro groups is 1. The van der Waals surface area contributed by atoms with Gasteiger partial charge in [-0.3, -0.25) is 14.9 Å². The zero-order valence-electron chi connectivity index (χ0n) is 14.9. The van der Waals surface area contributed by atoms with Crippen LogP contribution in [0.2, 0.25) is 0 Å². The first-order chi connectivity index (χ1) is 13.9. The Morgan fingerprint density at radius 2 is 1.87 bits per heavy atom. The molecule has 0 saturated carbocycles. The van der Waals surface area contributed by atoms with Crippen molar-refractivity contribution >= 4 is 33.0 Å². The summed E-state index contributed by atoms with van der Waals surface area (Å²) in [5.74, 6) is -0.923. The lowest BCUT2D eigenvalue weighted by atomic mass is 10.2. The van der Waals surface area contributed by atoms with Crippen LogP contribution in [-0.4, -0.2) is 32.1 Å². The van der Waals surface area contributed by atoms with Crippen LogP contribution in [0.1, 0.15) is 6.42 Å². The number of amides is 1. The Bertz CT molecular complexity index is 1120. The number of primary sulfonamides is 1. The number of nitrogens with one attached hydrogen (secondary N) is 2. The quantitative estimate of drug-likeness (QED) is 0.431. The Hall–Kier alpha value is -3.52. The predicted molar refractivity (Wildman–Crippen MR) is 98.9 cm³/mol. The maximum Gasteiger partial charge on any atom is 0.586 e. The van der Waals surface area contributed by atoms with Gasteiger partial charge in [0.1, 0.15) is 5.69 Å². The van der Waals surface area contributed by atoms with E-state index in [1.807, 2.05) is 0 Å². The molecule has 11 nitrogen and oxygen atoms in total. The molecule has 0 fully saturated rings. The minimum atomic E-state index is -4.12. The van der Waals surface area contributed by atoms with Gasteiger partial charge in [0.15, 0.2) is 11.5 Å². The minimum Gasteiger partial charge on any atom is -0.395 e. The first-order valence-electron chi connectivity index (χ1n) is 8.19. The van der Waals surface area contributed by atoms with Crippen LogP contribution in [0.5, 0.6) is 11.5 Å². The lowest BCUT2D eigenvalue weighted by Gasteiger charge is -2.09. The fourth-order valence-electron chi connectivity index (χ4n) is 2.55. The van der Waals surface area contributed by atoms with Crippen LogP contribution in [0.3, 0.4) is 0 Å². The highest BCUT2D eigenvalue weighted by atomic mass is 32.2. The van der Waals surface area contributed by atoms with Gasteiger partial charge in [-0.1, -0.05) is 0 Å². The molecule has 0 unspecified atom stereocenters. The fourth-order valence-corrected chi connectivity index (χ4v) is 3.08. The van der Waals surface area contributed by atoms with Gasteiger partial charge in [0.2, 0.25) is 15.9 Å². The lowest BCUT2D eigenvalue weighted by Crippen LogP contribution is -2.25.